The van der Waals surface area contributed by atoms with E-state index in [-0.39, 0.29) is 36.0 Å². The zero-order valence-corrected chi connectivity index (χ0v) is 21.5. The first-order valence-corrected chi connectivity index (χ1v) is 12.7. The summed E-state index contributed by atoms with van der Waals surface area (Å²) in [5.74, 6) is -4.58. The fraction of sp³-hybridized carbons (Fsp3) is 0.370. The zero-order valence-electron chi connectivity index (χ0n) is 21.5. The summed E-state index contributed by atoms with van der Waals surface area (Å²) in [7, 11) is 0. The third-order valence-corrected chi connectivity index (χ3v) is 6.96. The molecule has 41 heavy (non-hydrogen) atoms. The van der Waals surface area contributed by atoms with Gasteiger partial charge in [-0.15, -0.1) is 0 Å². The van der Waals surface area contributed by atoms with Crippen LogP contribution in [0.15, 0.2) is 47.4 Å². The van der Waals surface area contributed by atoms with Crippen molar-refractivity contribution in [3.63, 3.8) is 0 Å². The average Bonchev–Trinajstić information content (AvgIpc) is 3.45. The molecule has 1 N–H and O–H groups in total. The van der Waals surface area contributed by atoms with Crippen LogP contribution in [0.5, 0.6) is 0 Å². The van der Waals surface area contributed by atoms with Gasteiger partial charge in [0.15, 0.2) is 0 Å². The monoisotopic (exact) mass is 580 g/mol. The van der Waals surface area contributed by atoms with Crippen LogP contribution in [0.1, 0.15) is 41.6 Å². The molecule has 1 saturated carbocycles. The second kappa shape index (κ2) is 12.0. The predicted octanol–water partition coefficient (Wildman–Crippen LogP) is 3.58. The minimum Gasteiger partial charge on any atom is -0.475 e. The number of hydrogen-bond acceptors (Lipinski definition) is 5. The fourth-order valence-corrected chi connectivity index (χ4v) is 4.95. The van der Waals surface area contributed by atoms with E-state index >= 15 is 0 Å². The number of hydrogen-bond donors (Lipinski definition) is 1. The Balaban J connectivity index is 0.000000493. The third kappa shape index (κ3) is 6.87. The van der Waals surface area contributed by atoms with Crippen molar-refractivity contribution >= 4 is 28.7 Å². The second-order valence-corrected chi connectivity index (χ2v) is 9.70. The van der Waals surface area contributed by atoms with Gasteiger partial charge in [0, 0.05) is 19.1 Å². The normalized spacial score (nSPS) is 16.1. The molecule has 1 saturated heterocycles. The molecule has 0 bridgehead atoms. The Morgan fingerprint density at radius 1 is 1.00 bits per heavy atom. The van der Waals surface area contributed by atoms with Crippen LogP contribution in [-0.4, -0.2) is 74.3 Å². The molecule has 0 radical (unpaired) electrons. The van der Waals surface area contributed by atoms with E-state index in [9.17, 15) is 36.3 Å². The number of benzene rings is 2. The number of aromatic nitrogens is 2. The maximum atomic E-state index is 14.6. The smallest absolute Gasteiger partial charge is 0.475 e. The third-order valence-electron chi connectivity index (χ3n) is 6.96. The summed E-state index contributed by atoms with van der Waals surface area (Å²) in [6.07, 6.45) is 0.244. The Morgan fingerprint density at radius 3 is 2.32 bits per heavy atom. The lowest BCUT2D eigenvalue weighted by Crippen LogP contribution is -2.55. The standard InChI is InChI=1S/C25H24F2N4O3.C2HF3O2/c26-17-6-8-22-20(12-17)23(32)13-28-31(22)14-16-5-7-21(27)19(11-16)25(34)29-9-10-30(24(33)15-29)18-3-1-2-4-18;3-2(4,5)1(6)7/h5-8,11-13,18H,1-4,9-10,14-15H2;(H,6,7). The Kier molecular flexibility index (Phi) is 8.69. The molecule has 3 aromatic rings. The van der Waals surface area contributed by atoms with Gasteiger partial charge in [-0.05, 0) is 48.7 Å². The summed E-state index contributed by atoms with van der Waals surface area (Å²) in [6.45, 7) is 0.913. The van der Waals surface area contributed by atoms with Gasteiger partial charge >= 0.3 is 12.1 Å². The number of carbonyl (C=O) groups excluding carboxylic acids is 2. The molecular weight excluding hydrogens is 555 g/mol. The molecule has 2 fully saturated rings. The molecule has 9 nitrogen and oxygen atoms in total. The molecule has 0 atom stereocenters. The molecule has 14 heteroatoms. The first-order valence-electron chi connectivity index (χ1n) is 12.7. The van der Waals surface area contributed by atoms with Crippen molar-refractivity contribution in [2.24, 2.45) is 0 Å². The number of rotatable bonds is 4. The SMILES string of the molecule is O=C(O)C(F)(F)F.O=C(c1cc(Cn2ncc(=O)c3cc(F)ccc32)ccc1F)N1CCN(C2CCCC2)C(=O)C1. The molecule has 1 aliphatic heterocycles. The van der Waals surface area contributed by atoms with Crippen molar-refractivity contribution < 1.29 is 41.4 Å². The molecule has 0 unspecified atom stereocenters. The lowest BCUT2D eigenvalue weighted by Gasteiger charge is -2.37. The van der Waals surface area contributed by atoms with Gasteiger partial charge in [0.05, 0.1) is 29.2 Å². The topological polar surface area (TPSA) is 113 Å². The Labute approximate surface area is 229 Å². The highest BCUT2D eigenvalue weighted by molar-refractivity contribution is 5.97. The van der Waals surface area contributed by atoms with Crippen LogP contribution in [0, 0.1) is 11.6 Å². The fourth-order valence-electron chi connectivity index (χ4n) is 4.95. The van der Waals surface area contributed by atoms with E-state index in [2.05, 4.69) is 5.10 Å². The van der Waals surface area contributed by atoms with Gasteiger partial charge in [-0.1, -0.05) is 18.9 Å². The lowest BCUT2D eigenvalue weighted by atomic mass is 10.1. The van der Waals surface area contributed by atoms with Gasteiger partial charge in [-0.2, -0.15) is 18.3 Å². The van der Waals surface area contributed by atoms with E-state index in [1.165, 1.54) is 39.9 Å². The minimum absolute atomic E-state index is 0.0591. The largest absolute Gasteiger partial charge is 0.490 e. The maximum absolute atomic E-state index is 14.6. The summed E-state index contributed by atoms with van der Waals surface area (Å²) < 4.78 is 61.5. The van der Waals surface area contributed by atoms with Crippen molar-refractivity contribution in [1.29, 1.82) is 0 Å². The number of amides is 2. The molecule has 5 rings (SSSR count). The summed E-state index contributed by atoms with van der Waals surface area (Å²) >= 11 is 0. The van der Waals surface area contributed by atoms with Gasteiger partial charge in [-0.3, -0.25) is 19.1 Å². The number of aliphatic carboxylic acids is 1. The van der Waals surface area contributed by atoms with Crippen molar-refractivity contribution in [3.8, 4) is 0 Å². The number of carboxylic acids is 1. The van der Waals surface area contributed by atoms with Crippen LogP contribution in [0.25, 0.3) is 10.9 Å². The molecule has 1 aliphatic carbocycles. The van der Waals surface area contributed by atoms with E-state index in [4.69, 9.17) is 9.90 Å². The van der Waals surface area contributed by atoms with Crippen LogP contribution in [0.4, 0.5) is 22.0 Å². The van der Waals surface area contributed by atoms with Gasteiger partial charge in [-0.25, -0.2) is 13.6 Å². The molecule has 2 heterocycles. The van der Waals surface area contributed by atoms with Gasteiger partial charge < -0.3 is 14.9 Å². The van der Waals surface area contributed by atoms with Gasteiger partial charge in [0.1, 0.15) is 18.2 Å². The number of carboxylic acid groups (broad SMARTS) is 1. The highest BCUT2D eigenvalue weighted by atomic mass is 19.4. The van der Waals surface area contributed by atoms with Crippen LogP contribution in [0.2, 0.25) is 0 Å². The molecular formula is C27H25F5N4O5. The first-order chi connectivity index (χ1) is 19.3. The Hall–Kier alpha value is -4.36. The van der Waals surface area contributed by atoms with Crippen LogP contribution in [0.3, 0.4) is 0 Å². The van der Waals surface area contributed by atoms with Crippen molar-refractivity contribution in [2.75, 3.05) is 19.6 Å². The highest BCUT2D eigenvalue weighted by Crippen LogP contribution is 2.25. The molecule has 0 spiro atoms. The number of nitrogens with zero attached hydrogens (tertiary/aromatic N) is 4. The summed E-state index contributed by atoms with van der Waals surface area (Å²) in [5, 5.41) is 11.4. The van der Waals surface area contributed by atoms with Crippen molar-refractivity contribution in [3.05, 3.63) is 75.6 Å². The van der Waals surface area contributed by atoms with E-state index < -0.39 is 35.1 Å². The second-order valence-electron chi connectivity index (χ2n) is 9.70. The number of alkyl halides is 3. The molecule has 2 aliphatic rings. The van der Waals surface area contributed by atoms with E-state index in [1.807, 2.05) is 4.90 Å². The lowest BCUT2D eigenvalue weighted by molar-refractivity contribution is -0.192. The quantitative estimate of drug-likeness (QED) is 0.473. The number of carbonyl (C=O) groups is 3. The highest BCUT2D eigenvalue weighted by Gasteiger charge is 2.38. The van der Waals surface area contributed by atoms with E-state index in [1.54, 1.807) is 0 Å². The maximum Gasteiger partial charge on any atom is 0.490 e. The minimum atomic E-state index is -5.08. The number of piperazine rings is 1. The average molecular weight is 581 g/mol. The number of fused-ring (bicyclic) bond motifs is 1. The molecule has 2 amide bonds. The van der Waals surface area contributed by atoms with Crippen LogP contribution < -0.4 is 5.43 Å². The van der Waals surface area contributed by atoms with Crippen molar-refractivity contribution in [2.45, 2.75) is 44.4 Å². The predicted molar refractivity (Wildman–Crippen MR) is 135 cm³/mol. The van der Waals surface area contributed by atoms with Gasteiger partial charge in [0.2, 0.25) is 11.3 Å². The number of halogens is 5. The summed E-state index contributed by atoms with van der Waals surface area (Å²) in [4.78, 5) is 50.0. The van der Waals surface area contributed by atoms with Crippen LogP contribution in [-0.2, 0) is 16.1 Å². The molecule has 2 aromatic carbocycles. The van der Waals surface area contributed by atoms with Gasteiger partial charge in [0.25, 0.3) is 5.91 Å². The Morgan fingerprint density at radius 2 is 1.68 bits per heavy atom. The van der Waals surface area contributed by atoms with E-state index in [0.29, 0.717) is 24.2 Å². The van der Waals surface area contributed by atoms with Crippen LogP contribution >= 0.6 is 0 Å². The summed E-state index contributed by atoms with van der Waals surface area (Å²) in [5.41, 5.74) is 0.500. The first kappa shape index (κ1) is 29.6. The zero-order chi connectivity index (χ0) is 29.9. The molecule has 1 aromatic heterocycles. The summed E-state index contributed by atoms with van der Waals surface area (Å²) in [6, 6.07) is 8.29. The van der Waals surface area contributed by atoms with E-state index in [0.717, 1.165) is 37.9 Å². The Bertz CT molecular complexity index is 1530. The van der Waals surface area contributed by atoms with Crippen molar-refractivity contribution in [1.82, 2.24) is 19.6 Å². The molecule has 218 valence electrons.